The van der Waals surface area contributed by atoms with Crippen LogP contribution in [-0.4, -0.2) is 12.5 Å². The lowest BCUT2D eigenvalue weighted by atomic mass is 10.2. The van der Waals surface area contributed by atoms with Crippen molar-refractivity contribution in [1.29, 1.82) is 0 Å². The van der Waals surface area contributed by atoms with Crippen LogP contribution < -0.4 is 10.1 Å². The van der Waals surface area contributed by atoms with E-state index in [2.05, 4.69) is 21.2 Å². The molecule has 0 saturated heterocycles. The van der Waals surface area contributed by atoms with Gasteiger partial charge in [0, 0.05) is 26.8 Å². The molecule has 0 aliphatic carbocycles. The third-order valence-electron chi connectivity index (χ3n) is 2.53. The SMILES string of the molecule is CCOc1cccc(NC(=O)c2cc(Cl)cc(Br)c2)c1. The Labute approximate surface area is 131 Å². The van der Waals surface area contributed by atoms with Crippen molar-refractivity contribution < 1.29 is 9.53 Å². The quantitative estimate of drug-likeness (QED) is 0.860. The Hall–Kier alpha value is -1.52. The molecule has 0 heterocycles. The second-order valence-corrected chi connectivity index (χ2v) is 5.43. The molecule has 2 rings (SSSR count). The molecule has 1 N–H and O–H groups in total. The summed E-state index contributed by atoms with van der Waals surface area (Å²) in [6, 6.07) is 12.3. The number of halogens is 2. The van der Waals surface area contributed by atoms with Crippen LogP contribution in [0.15, 0.2) is 46.9 Å². The van der Waals surface area contributed by atoms with Crippen molar-refractivity contribution in [2.24, 2.45) is 0 Å². The predicted octanol–water partition coefficient (Wildman–Crippen LogP) is 4.75. The predicted molar refractivity (Wildman–Crippen MR) is 84.7 cm³/mol. The van der Waals surface area contributed by atoms with Gasteiger partial charge in [0.15, 0.2) is 0 Å². The van der Waals surface area contributed by atoms with Crippen molar-refractivity contribution in [2.75, 3.05) is 11.9 Å². The second-order valence-electron chi connectivity index (χ2n) is 4.07. The van der Waals surface area contributed by atoms with E-state index in [1.54, 1.807) is 30.3 Å². The molecule has 0 radical (unpaired) electrons. The molecule has 0 aliphatic rings. The number of carbonyl (C=O) groups excluding carboxylic acids is 1. The van der Waals surface area contributed by atoms with Crippen LogP contribution in [-0.2, 0) is 0 Å². The van der Waals surface area contributed by atoms with Gasteiger partial charge < -0.3 is 10.1 Å². The number of anilines is 1. The van der Waals surface area contributed by atoms with Gasteiger partial charge in [-0.25, -0.2) is 0 Å². The van der Waals surface area contributed by atoms with Crippen LogP contribution in [0.1, 0.15) is 17.3 Å². The Morgan fingerprint density at radius 1 is 1.30 bits per heavy atom. The maximum Gasteiger partial charge on any atom is 0.255 e. The Kier molecular flexibility index (Phi) is 5.04. The summed E-state index contributed by atoms with van der Waals surface area (Å²) in [5.74, 6) is 0.499. The number of hydrogen-bond donors (Lipinski definition) is 1. The van der Waals surface area contributed by atoms with Gasteiger partial charge in [0.25, 0.3) is 5.91 Å². The van der Waals surface area contributed by atoms with Gasteiger partial charge in [0.2, 0.25) is 0 Å². The standard InChI is InChI=1S/C15H13BrClNO2/c1-2-20-14-5-3-4-13(9-14)18-15(19)10-6-11(16)8-12(17)7-10/h3-9H,2H2,1H3,(H,18,19). The third-order valence-corrected chi connectivity index (χ3v) is 3.20. The molecular formula is C15H13BrClNO2. The van der Waals surface area contributed by atoms with Crippen molar-refractivity contribution in [3.8, 4) is 5.75 Å². The highest BCUT2D eigenvalue weighted by atomic mass is 79.9. The van der Waals surface area contributed by atoms with E-state index in [9.17, 15) is 4.79 Å². The smallest absolute Gasteiger partial charge is 0.255 e. The van der Waals surface area contributed by atoms with E-state index in [1.165, 1.54) is 0 Å². The van der Waals surface area contributed by atoms with Gasteiger partial charge in [-0.15, -0.1) is 0 Å². The first-order valence-electron chi connectivity index (χ1n) is 6.09. The van der Waals surface area contributed by atoms with Gasteiger partial charge in [0.1, 0.15) is 5.75 Å². The average molecular weight is 355 g/mol. The summed E-state index contributed by atoms with van der Waals surface area (Å²) >= 11 is 9.25. The number of hydrogen-bond acceptors (Lipinski definition) is 2. The molecule has 0 fully saturated rings. The van der Waals surface area contributed by atoms with Gasteiger partial charge in [-0.3, -0.25) is 4.79 Å². The van der Waals surface area contributed by atoms with E-state index in [1.807, 2.05) is 19.1 Å². The van der Waals surface area contributed by atoms with Crippen LogP contribution >= 0.6 is 27.5 Å². The molecule has 104 valence electrons. The number of nitrogens with one attached hydrogen (secondary N) is 1. The summed E-state index contributed by atoms with van der Waals surface area (Å²) in [6.45, 7) is 2.49. The first-order valence-corrected chi connectivity index (χ1v) is 7.26. The third kappa shape index (κ3) is 3.99. The minimum absolute atomic E-state index is 0.221. The highest BCUT2D eigenvalue weighted by Gasteiger charge is 2.08. The van der Waals surface area contributed by atoms with Crippen molar-refractivity contribution in [1.82, 2.24) is 0 Å². The number of amides is 1. The summed E-state index contributed by atoms with van der Waals surface area (Å²) in [6.07, 6.45) is 0. The van der Waals surface area contributed by atoms with Crippen molar-refractivity contribution in [2.45, 2.75) is 6.92 Å². The maximum absolute atomic E-state index is 12.2. The average Bonchev–Trinajstić information content (AvgIpc) is 2.38. The van der Waals surface area contributed by atoms with Crippen molar-refractivity contribution in [3.63, 3.8) is 0 Å². The second kappa shape index (κ2) is 6.77. The molecule has 2 aromatic rings. The van der Waals surface area contributed by atoms with Gasteiger partial charge in [0.05, 0.1) is 6.61 Å². The Bertz CT molecular complexity index is 611. The fourth-order valence-corrected chi connectivity index (χ4v) is 2.58. The fraction of sp³-hybridized carbons (Fsp3) is 0.133. The molecular weight excluding hydrogens is 342 g/mol. The molecule has 20 heavy (non-hydrogen) atoms. The maximum atomic E-state index is 12.2. The van der Waals surface area contributed by atoms with Crippen LogP contribution in [0.5, 0.6) is 5.75 Å². The van der Waals surface area contributed by atoms with Crippen LogP contribution in [0.3, 0.4) is 0 Å². The van der Waals surface area contributed by atoms with Crippen molar-refractivity contribution in [3.05, 3.63) is 57.5 Å². The van der Waals surface area contributed by atoms with Gasteiger partial charge in [-0.2, -0.15) is 0 Å². The van der Waals surface area contributed by atoms with Crippen LogP contribution in [0.2, 0.25) is 5.02 Å². The van der Waals surface area contributed by atoms with E-state index >= 15 is 0 Å². The monoisotopic (exact) mass is 353 g/mol. The van der Waals surface area contributed by atoms with Crippen molar-refractivity contribution >= 4 is 39.1 Å². The number of ether oxygens (including phenoxy) is 1. The number of carbonyl (C=O) groups is 1. The summed E-state index contributed by atoms with van der Waals surface area (Å²) in [5, 5.41) is 3.32. The summed E-state index contributed by atoms with van der Waals surface area (Å²) in [5.41, 5.74) is 1.17. The van der Waals surface area contributed by atoms with Gasteiger partial charge in [-0.05, 0) is 37.3 Å². The topological polar surface area (TPSA) is 38.3 Å². The fourth-order valence-electron chi connectivity index (χ4n) is 1.72. The van der Waals surface area contributed by atoms with E-state index < -0.39 is 0 Å². The molecule has 2 aromatic carbocycles. The Morgan fingerprint density at radius 2 is 2.10 bits per heavy atom. The molecule has 0 saturated carbocycles. The molecule has 0 atom stereocenters. The highest BCUT2D eigenvalue weighted by molar-refractivity contribution is 9.10. The van der Waals surface area contributed by atoms with Gasteiger partial charge >= 0.3 is 0 Å². The lowest BCUT2D eigenvalue weighted by Crippen LogP contribution is -2.12. The molecule has 0 bridgehead atoms. The van der Waals surface area contributed by atoms with E-state index in [4.69, 9.17) is 16.3 Å². The summed E-state index contributed by atoms with van der Waals surface area (Å²) < 4.78 is 6.15. The molecule has 3 nitrogen and oxygen atoms in total. The van der Waals surface area contributed by atoms with Crippen LogP contribution in [0.4, 0.5) is 5.69 Å². The minimum atomic E-state index is -0.221. The minimum Gasteiger partial charge on any atom is -0.494 e. The number of benzene rings is 2. The zero-order chi connectivity index (χ0) is 14.5. The molecule has 0 aromatic heterocycles. The van der Waals surface area contributed by atoms with Crippen LogP contribution in [0, 0.1) is 0 Å². The first kappa shape index (κ1) is 14.9. The highest BCUT2D eigenvalue weighted by Crippen LogP contribution is 2.22. The summed E-state index contributed by atoms with van der Waals surface area (Å²) in [4.78, 5) is 12.2. The van der Waals surface area contributed by atoms with E-state index in [-0.39, 0.29) is 5.91 Å². The Balaban J connectivity index is 2.16. The first-order chi connectivity index (χ1) is 9.58. The summed E-state index contributed by atoms with van der Waals surface area (Å²) in [7, 11) is 0. The molecule has 0 aliphatic heterocycles. The molecule has 5 heteroatoms. The van der Waals surface area contributed by atoms with E-state index in [0.29, 0.717) is 22.9 Å². The lowest BCUT2D eigenvalue weighted by Gasteiger charge is -2.08. The van der Waals surface area contributed by atoms with Crippen LogP contribution in [0.25, 0.3) is 0 Å². The zero-order valence-corrected chi connectivity index (χ0v) is 13.2. The molecule has 0 unspecified atom stereocenters. The largest absolute Gasteiger partial charge is 0.494 e. The molecule has 0 spiro atoms. The number of rotatable bonds is 4. The normalized spacial score (nSPS) is 10.2. The molecule has 1 amide bonds. The zero-order valence-electron chi connectivity index (χ0n) is 10.8. The van der Waals surface area contributed by atoms with E-state index in [0.717, 1.165) is 10.2 Å². The lowest BCUT2D eigenvalue weighted by molar-refractivity contribution is 0.102. The Morgan fingerprint density at radius 3 is 2.80 bits per heavy atom. The van der Waals surface area contributed by atoms with Gasteiger partial charge in [-0.1, -0.05) is 33.6 Å².